The number of nitrogens with one attached hydrogen (secondary N) is 1. The van der Waals surface area contributed by atoms with Crippen molar-refractivity contribution in [2.75, 3.05) is 6.61 Å². The van der Waals surface area contributed by atoms with Crippen molar-refractivity contribution in [1.82, 2.24) is 5.43 Å². The van der Waals surface area contributed by atoms with Crippen molar-refractivity contribution in [3.05, 3.63) is 59.4 Å². The van der Waals surface area contributed by atoms with Gasteiger partial charge in [-0.15, -0.1) is 0 Å². The Morgan fingerprint density at radius 1 is 1.27 bits per heavy atom. The fourth-order valence-corrected chi connectivity index (χ4v) is 4.27. The Bertz CT molecular complexity index is 866. The molecule has 0 spiro atoms. The zero-order chi connectivity index (χ0) is 19.3. The van der Waals surface area contributed by atoms with Crippen molar-refractivity contribution < 1.29 is 19.6 Å². The SMILES string of the molecule is O=C(COc1c(Br)cc(Br)cc1Br)N/N=C/c1ccc(O)c([N+](=O)[O-])c1. The molecule has 0 fully saturated rings. The van der Waals surface area contributed by atoms with Gasteiger partial charge in [0.05, 0.1) is 20.1 Å². The number of phenols is 1. The number of benzene rings is 2. The summed E-state index contributed by atoms with van der Waals surface area (Å²) in [5.74, 6) is -0.507. The van der Waals surface area contributed by atoms with Crippen molar-refractivity contribution in [3.8, 4) is 11.5 Å². The lowest BCUT2D eigenvalue weighted by Gasteiger charge is -2.09. The summed E-state index contributed by atoms with van der Waals surface area (Å²) in [6.07, 6.45) is 1.22. The van der Waals surface area contributed by atoms with Crippen LogP contribution in [0.3, 0.4) is 0 Å². The van der Waals surface area contributed by atoms with E-state index in [1.165, 1.54) is 18.3 Å². The molecule has 0 bridgehead atoms. The van der Waals surface area contributed by atoms with Gasteiger partial charge in [-0.3, -0.25) is 14.9 Å². The molecule has 26 heavy (non-hydrogen) atoms. The number of amides is 1. The first kappa shape index (κ1) is 20.3. The molecule has 8 nitrogen and oxygen atoms in total. The first-order chi connectivity index (χ1) is 12.3. The minimum Gasteiger partial charge on any atom is -0.502 e. The number of carbonyl (C=O) groups is 1. The summed E-state index contributed by atoms with van der Waals surface area (Å²) in [5, 5.41) is 23.8. The lowest BCUT2D eigenvalue weighted by Crippen LogP contribution is -2.24. The van der Waals surface area contributed by atoms with Crippen LogP contribution in [0.4, 0.5) is 5.69 Å². The number of hydrazone groups is 1. The number of hydrogen-bond acceptors (Lipinski definition) is 6. The molecule has 0 radical (unpaired) electrons. The van der Waals surface area contributed by atoms with E-state index in [2.05, 4.69) is 58.3 Å². The highest BCUT2D eigenvalue weighted by atomic mass is 79.9. The number of halogens is 3. The Kier molecular flexibility index (Phi) is 7.12. The average molecular weight is 552 g/mol. The van der Waals surface area contributed by atoms with E-state index in [0.29, 0.717) is 20.3 Å². The van der Waals surface area contributed by atoms with Gasteiger partial charge >= 0.3 is 5.69 Å². The van der Waals surface area contributed by atoms with E-state index >= 15 is 0 Å². The van der Waals surface area contributed by atoms with Crippen molar-refractivity contribution in [2.45, 2.75) is 0 Å². The molecule has 136 valence electrons. The minimum atomic E-state index is -0.715. The molecule has 2 aromatic rings. The second-order valence-electron chi connectivity index (χ2n) is 4.79. The van der Waals surface area contributed by atoms with Gasteiger partial charge in [-0.05, 0) is 56.1 Å². The van der Waals surface area contributed by atoms with E-state index in [1.54, 1.807) is 12.1 Å². The number of ether oxygens (including phenoxy) is 1. The standard InChI is InChI=1S/C15H10Br3N3O5/c16-9-4-10(17)15(11(18)5-9)26-7-14(23)20-19-6-8-1-2-13(22)12(3-8)21(24)25/h1-6,22H,7H2,(H,20,23)/b19-6+. The van der Waals surface area contributed by atoms with Crippen LogP contribution < -0.4 is 10.2 Å². The van der Waals surface area contributed by atoms with Crippen LogP contribution in [0.15, 0.2) is 48.9 Å². The molecule has 2 N–H and O–H groups in total. The molecule has 0 unspecified atom stereocenters. The molecule has 0 saturated carbocycles. The number of nitrogens with zero attached hydrogens (tertiary/aromatic N) is 2. The molecular weight excluding hydrogens is 542 g/mol. The Balaban J connectivity index is 1.94. The largest absolute Gasteiger partial charge is 0.502 e. The maximum absolute atomic E-state index is 11.8. The molecule has 0 heterocycles. The molecule has 0 aliphatic carbocycles. The summed E-state index contributed by atoms with van der Waals surface area (Å²) in [7, 11) is 0. The van der Waals surface area contributed by atoms with Crippen LogP contribution in [0.5, 0.6) is 11.5 Å². The number of nitro groups is 1. The van der Waals surface area contributed by atoms with Crippen LogP contribution in [0, 0.1) is 10.1 Å². The van der Waals surface area contributed by atoms with E-state index in [9.17, 15) is 20.0 Å². The van der Waals surface area contributed by atoms with Crippen LogP contribution in [-0.2, 0) is 4.79 Å². The lowest BCUT2D eigenvalue weighted by atomic mass is 10.2. The van der Waals surface area contributed by atoms with Crippen molar-refractivity contribution in [1.29, 1.82) is 0 Å². The molecule has 1 amide bonds. The summed E-state index contributed by atoms with van der Waals surface area (Å²) >= 11 is 10.00. The van der Waals surface area contributed by atoms with Gasteiger partial charge in [0.15, 0.2) is 12.4 Å². The van der Waals surface area contributed by atoms with Gasteiger partial charge in [0.25, 0.3) is 5.91 Å². The monoisotopic (exact) mass is 549 g/mol. The molecule has 2 rings (SSSR count). The predicted molar refractivity (Wildman–Crippen MR) is 106 cm³/mol. The van der Waals surface area contributed by atoms with Crippen LogP contribution in [0.1, 0.15) is 5.56 Å². The Morgan fingerprint density at radius 2 is 1.92 bits per heavy atom. The highest BCUT2D eigenvalue weighted by Gasteiger charge is 2.13. The minimum absolute atomic E-state index is 0.286. The molecule has 0 aromatic heterocycles. The third-order valence-corrected chi connectivity index (χ3v) is 4.55. The Labute approximate surface area is 172 Å². The fourth-order valence-electron chi connectivity index (χ4n) is 1.78. The lowest BCUT2D eigenvalue weighted by molar-refractivity contribution is -0.385. The van der Waals surface area contributed by atoms with E-state index in [1.807, 2.05) is 0 Å². The summed E-state index contributed by atoms with van der Waals surface area (Å²) in [6.45, 7) is -0.286. The topological polar surface area (TPSA) is 114 Å². The second-order valence-corrected chi connectivity index (χ2v) is 7.41. The predicted octanol–water partition coefficient (Wildman–Crippen LogP) is 4.12. The number of rotatable bonds is 6. The highest BCUT2D eigenvalue weighted by Crippen LogP contribution is 2.36. The summed E-state index contributed by atoms with van der Waals surface area (Å²) in [6, 6.07) is 7.27. The number of nitro benzene ring substituents is 1. The number of aromatic hydroxyl groups is 1. The van der Waals surface area contributed by atoms with Gasteiger partial charge in [0.2, 0.25) is 0 Å². The average Bonchev–Trinajstić information content (AvgIpc) is 2.55. The molecule has 0 saturated heterocycles. The van der Waals surface area contributed by atoms with Gasteiger partial charge in [-0.25, -0.2) is 5.43 Å². The van der Waals surface area contributed by atoms with Crippen LogP contribution >= 0.6 is 47.8 Å². The van der Waals surface area contributed by atoms with Gasteiger partial charge in [-0.1, -0.05) is 15.9 Å². The Morgan fingerprint density at radius 3 is 2.54 bits per heavy atom. The summed E-state index contributed by atoms with van der Waals surface area (Å²) < 4.78 is 7.58. The first-order valence-corrected chi connectivity index (χ1v) is 9.22. The van der Waals surface area contributed by atoms with E-state index in [0.717, 1.165) is 10.5 Å². The molecule has 11 heteroatoms. The van der Waals surface area contributed by atoms with Gasteiger partial charge in [0, 0.05) is 16.1 Å². The van der Waals surface area contributed by atoms with Crippen molar-refractivity contribution in [2.24, 2.45) is 5.10 Å². The molecular formula is C15H10Br3N3O5. The zero-order valence-corrected chi connectivity index (χ0v) is 17.5. The smallest absolute Gasteiger partial charge is 0.311 e. The van der Waals surface area contributed by atoms with Crippen LogP contribution in [-0.4, -0.2) is 28.8 Å². The van der Waals surface area contributed by atoms with Crippen molar-refractivity contribution >= 4 is 65.6 Å². The Hall–Kier alpha value is -1.98. The van der Waals surface area contributed by atoms with Gasteiger partial charge in [0.1, 0.15) is 5.75 Å². The third-order valence-electron chi connectivity index (χ3n) is 2.91. The van der Waals surface area contributed by atoms with Gasteiger partial charge < -0.3 is 9.84 Å². The molecule has 2 aromatic carbocycles. The van der Waals surface area contributed by atoms with E-state index in [-0.39, 0.29) is 6.61 Å². The zero-order valence-electron chi connectivity index (χ0n) is 12.8. The van der Waals surface area contributed by atoms with Crippen LogP contribution in [0.2, 0.25) is 0 Å². The van der Waals surface area contributed by atoms with E-state index in [4.69, 9.17) is 4.74 Å². The molecule has 0 aliphatic rings. The maximum Gasteiger partial charge on any atom is 0.311 e. The fraction of sp³-hybridized carbons (Fsp3) is 0.0667. The highest BCUT2D eigenvalue weighted by molar-refractivity contribution is 9.11. The summed E-state index contributed by atoms with van der Waals surface area (Å²) in [5.41, 5.74) is 2.14. The third kappa shape index (κ3) is 5.51. The quantitative estimate of drug-likeness (QED) is 0.318. The number of phenolic OH excluding ortho intramolecular Hbond substituents is 1. The second kappa shape index (κ2) is 9.10. The normalized spacial score (nSPS) is 10.7. The van der Waals surface area contributed by atoms with Crippen molar-refractivity contribution in [3.63, 3.8) is 0 Å². The number of carbonyl (C=O) groups excluding carboxylic acids is 1. The maximum atomic E-state index is 11.8. The first-order valence-electron chi connectivity index (χ1n) is 6.84. The van der Waals surface area contributed by atoms with Gasteiger partial charge in [-0.2, -0.15) is 5.10 Å². The molecule has 0 atom stereocenters. The summed E-state index contributed by atoms with van der Waals surface area (Å²) in [4.78, 5) is 21.8. The molecule has 0 aliphatic heterocycles. The van der Waals surface area contributed by atoms with E-state index < -0.39 is 22.3 Å². The number of hydrogen-bond donors (Lipinski definition) is 2. The van der Waals surface area contributed by atoms with Crippen LogP contribution in [0.25, 0.3) is 0 Å².